The highest BCUT2D eigenvalue weighted by molar-refractivity contribution is 6.61. The van der Waals surface area contributed by atoms with Crippen LogP contribution in [0.4, 0.5) is 9.18 Å². The van der Waals surface area contributed by atoms with Crippen LogP contribution >= 0.6 is 11.6 Å². The maximum absolute atomic E-state index is 17.6. The van der Waals surface area contributed by atoms with Crippen LogP contribution in [0.5, 0.6) is 0 Å². The van der Waals surface area contributed by atoms with E-state index in [0.29, 0.717) is 19.3 Å². The number of allylic oxidation sites excluding steroid dienone is 4. The number of halogens is 2. The van der Waals surface area contributed by atoms with Crippen LogP contribution in [-0.2, 0) is 19.1 Å². The molecule has 4 aliphatic rings. The molecule has 1 N–H and O–H groups in total. The fourth-order valence-corrected chi connectivity index (χ4v) is 8.79. The molecule has 0 aliphatic heterocycles. The number of hydrogen-bond donors (Lipinski definition) is 1. The first kappa shape index (κ1) is 28.3. The molecule has 3 saturated carbocycles. The lowest BCUT2D eigenvalue weighted by Gasteiger charge is -2.64. The minimum Gasteiger partial charge on any atom is -0.450 e. The summed E-state index contributed by atoms with van der Waals surface area (Å²) in [5.41, 5.74) is -5.72. The van der Waals surface area contributed by atoms with Gasteiger partial charge in [-0.05, 0) is 50.9 Å². The number of rotatable bonds is 7. The number of ether oxygens (including phenoxy) is 2. The minimum absolute atomic E-state index is 0.0539. The van der Waals surface area contributed by atoms with Crippen LogP contribution < -0.4 is 0 Å². The average molecular weight is 539 g/mol. The van der Waals surface area contributed by atoms with Crippen LogP contribution in [0.15, 0.2) is 23.8 Å². The molecule has 0 spiro atoms. The van der Waals surface area contributed by atoms with Crippen molar-refractivity contribution in [2.24, 2.45) is 34.5 Å². The lowest BCUT2D eigenvalue weighted by molar-refractivity contribution is -0.231. The average Bonchev–Trinajstić information content (AvgIpc) is 3.05. The van der Waals surface area contributed by atoms with Crippen LogP contribution in [0.3, 0.4) is 0 Å². The number of alkyl halides is 1. The van der Waals surface area contributed by atoms with E-state index in [1.165, 1.54) is 0 Å². The Morgan fingerprint density at radius 2 is 1.89 bits per heavy atom. The van der Waals surface area contributed by atoms with Crippen molar-refractivity contribution in [1.82, 2.24) is 0 Å². The van der Waals surface area contributed by atoms with Gasteiger partial charge in [0.1, 0.15) is 0 Å². The summed E-state index contributed by atoms with van der Waals surface area (Å²) in [6, 6.07) is 0. The van der Waals surface area contributed by atoms with Crippen molar-refractivity contribution in [3.8, 4) is 0 Å². The van der Waals surface area contributed by atoms with Gasteiger partial charge >= 0.3 is 11.4 Å². The molecule has 206 valence electrons. The molecule has 0 radical (unpaired) electrons. The highest BCUT2D eigenvalue weighted by Gasteiger charge is 2.77. The van der Waals surface area contributed by atoms with Crippen LogP contribution in [0.25, 0.3) is 0 Å². The fraction of sp³-hybridized carbons (Fsp3) is 0.759. The minimum atomic E-state index is -1.93. The second-order valence-corrected chi connectivity index (χ2v) is 12.5. The third kappa shape index (κ3) is 3.93. The lowest BCUT2D eigenvalue weighted by atomic mass is 9.43. The van der Waals surface area contributed by atoms with Crippen molar-refractivity contribution in [3.05, 3.63) is 23.8 Å². The fourth-order valence-electron chi connectivity index (χ4n) is 8.74. The van der Waals surface area contributed by atoms with Crippen molar-refractivity contribution in [2.45, 2.75) is 96.9 Å². The number of ketones is 1. The van der Waals surface area contributed by atoms with Crippen molar-refractivity contribution in [3.63, 3.8) is 0 Å². The monoisotopic (exact) mass is 538 g/mol. The first-order valence-electron chi connectivity index (χ1n) is 13.6. The van der Waals surface area contributed by atoms with E-state index in [1.54, 1.807) is 0 Å². The van der Waals surface area contributed by atoms with Gasteiger partial charge in [-0.2, -0.15) is 0 Å². The summed E-state index contributed by atoms with van der Waals surface area (Å²) in [5, 5.41) is 11.7. The van der Waals surface area contributed by atoms with Crippen molar-refractivity contribution < 1.29 is 33.4 Å². The molecule has 4 aliphatic carbocycles. The summed E-state index contributed by atoms with van der Waals surface area (Å²) >= 11 is 5.36. The molecule has 4 rings (SSSR count). The van der Waals surface area contributed by atoms with Gasteiger partial charge in [0.05, 0.1) is 6.10 Å². The van der Waals surface area contributed by atoms with Crippen molar-refractivity contribution >= 4 is 28.8 Å². The zero-order valence-electron chi connectivity index (χ0n) is 22.5. The van der Waals surface area contributed by atoms with E-state index in [0.717, 1.165) is 18.4 Å². The second-order valence-electron chi connectivity index (χ2n) is 12.2. The molecule has 0 saturated heterocycles. The van der Waals surface area contributed by atoms with Gasteiger partial charge in [-0.25, -0.2) is 9.18 Å². The van der Waals surface area contributed by atoms with E-state index < -0.39 is 63.8 Å². The Morgan fingerprint density at radius 3 is 2.54 bits per heavy atom. The topological polar surface area (TPSA) is 89.9 Å². The molecule has 8 heteroatoms. The first-order valence-corrected chi connectivity index (χ1v) is 14.0. The molecule has 37 heavy (non-hydrogen) atoms. The molecule has 0 bridgehead atoms. The largest absolute Gasteiger partial charge is 0.450 e. The Morgan fingerprint density at radius 1 is 1.19 bits per heavy atom. The number of hydrogen-bond acceptors (Lipinski definition) is 6. The molecule has 6 nitrogen and oxygen atoms in total. The Balaban J connectivity index is 1.81. The number of aliphatic hydroxyl groups excluding tert-OH is 1. The first-order chi connectivity index (χ1) is 17.3. The standard InChI is InChI=1S/C29H40ClFO6/c1-6-7-11-24(34)37-29(23(33)16-36-25(30)35)18(3)14-20-21-13-17(2)19-10-8-9-12-26(19,4)28(21,31)22(32)15-27(20,29)5/h9-10,12,17-18,20-22,32H,6-8,11,13-16H2,1-5H3. The molecule has 3 fully saturated rings. The molecule has 0 aromatic carbocycles. The number of aliphatic hydroxyl groups is 1. The summed E-state index contributed by atoms with van der Waals surface area (Å²) < 4.78 is 28.5. The predicted octanol–water partition coefficient (Wildman–Crippen LogP) is 6.09. The summed E-state index contributed by atoms with van der Waals surface area (Å²) in [5.74, 6) is -2.34. The number of unbranched alkanes of at least 4 members (excludes halogenated alkanes) is 1. The van der Waals surface area contributed by atoms with E-state index in [1.807, 2.05) is 39.8 Å². The zero-order valence-corrected chi connectivity index (χ0v) is 23.3. The summed E-state index contributed by atoms with van der Waals surface area (Å²) in [4.78, 5) is 38.2. The highest BCUT2D eigenvalue weighted by Crippen LogP contribution is 2.72. The van der Waals surface area contributed by atoms with E-state index in [9.17, 15) is 19.5 Å². The molecule has 0 heterocycles. The number of fused-ring (bicyclic) bond motifs is 5. The quantitative estimate of drug-likeness (QED) is 0.240. The van der Waals surface area contributed by atoms with E-state index in [4.69, 9.17) is 21.1 Å². The number of Topliss-reactive ketones (excluding diaryl/α,β-unsaturated/α-hetero) is 1. The molecule has 0 amide bonds. The summed E-state index contributed by atoms with van der Waals surface area (Å²) in [7, 11) is 0. The molecule has 0 aromatic heterocycles. The van der Waals surface area contributed by atoms with Crippen LogP contribution in [0.2, 0.25) is 0 Å². The lowest BCUT2D eigenvalue weighted by Crippen LogP contribution is -2.70. The van der Waals surface area contributed by atoms with Gasteiger partial charge in [-0.1, -0.05) is 57.9 Å². The van der Waals surface area contributed by atoms with Crippen molar-refractivity contribution in [2.75, 3.05) is 6.61 Å². The number of carbonyl (C=O) groups is 3. The third-order valence-corrected chi connectivity index (χ3v) is 10.4. The van der Waals surface area contributed by atoms with Gasteiger partial charge in [-0.3, -0.25) is 9.59 Å². The van der Waals surface area contributed by atoms with E-state index in [-0.39, 0.29) is 24.7 Å². The van der Waals surface area contributed by atoms with E-state index in [2.05, 4.69) is 13.0 Å². The maximum atomic E-state index is 17.6. The maximum Gasteiger partial charge on any atom is 0.404 e. The molecular formula is C29H40ClFO6. The Labute approximate surface area is 224 Å². The normalized spacial score (nSPS) is 44.2. The smallest absolute Gasteiger partial charge is 0.404 e. The second kappa shape index (κ2) is 9.78. The van der Waals surface area contributed by atoms with Gasteiger partial charge in [0, 0.05) is 40.7 Å². The summed E-state index contributed by atoms with van der Waals surface area (Å²) in [6.45, 7) is 8.96. The van der Waals surface area contributed by atoms with Crippen LogP contribution in [0, 0.1) is 34.5 Å². The molecular weight excluding hydrogens is 499 g/mol. The van der Waals surface area contributed by atoms with Gasteiger partial charge in [0.15, 0.2) is 17.9 Å². The molecule has 0 aromatic rings. The number of esters is 1. The Kier molecular flexibility index (Phi) is 7.48. The van der Waals surface area contributed by atoms with Gasteiger partial charge in [0.25, 0.3) is 0 Å². The molecule has 9 atom stereocenters. The van der Waals surface area contributed by atoms with Crippen LogP contribution in [-0.4, -0.2) is 46.3 Å². The molecule has 9 unspecified atom stereocenters. The Bertz CT molecular complexity index is 1030. The number of carbonyl (C=O) groups excluding carboxylic acids is 3. The van der Waals surface area contributed by atoms with Gasteiger partial charge in [0.2, 0.25) is 5.78 Å². The zero-order chi connectivity index (χ0) is 27.4. The SMILES string of the molecule is CCCCC(=O)OC1(C(=O)COC(=O)Cl)C(C)CC2C3CC(C)C4=CCC=CC4(C)C3(F)C(O)CC21C. The third-order valence-electron chi connectivity index (χ3n) is 10.3. The summed E-state index contributed by atoms with van der Waals surface area (Å²) in [6.07, 6.45) is 7.77. The van der Waals surface area contributed by atoms with Gasteiger partial charge < -0.3 is 14.6 Å². The van der Waals surface area contributed by atoms with Crippen molar-refractivity contribution in [1.29, 1.82) is 0 Å². The van der Waals surface area contributed by atoms with E-state index >= 15 is 4.39 Å². The Hall–Kier alpha value is -1.73. The predicted molar refractivity (Wildman–Crippen MR) is 138 cm³/mol. The highest BCUT2D eigenvalue weighted by atomic mass is 35.5. The van der Waals surface area contributed by atoms with Gasteiger partial charge in [-0.15, -0.1) is 0 Å². The van der Waals surface area contributed by atoms with Crippen LogP contribution in [0.1, 0.15) is 79.6 Å².